The number of carbonyl (C=O) groups excluding carboxylic acids is 2. The van der Waals surface area contributed by atoms with Gasteiger partial charge in [0.25, 0.3) is 5.91 Å². The number of nitrogens with one attached hydrogen (secondary N) is 1. The van der Waals surface area contributed by atoms with E-state index in [1.54, 1.807) is 24.3 Å². The predicted octanol–water partition coefficient (Wildman–Crippen LogP) is 3.28. The third-order valence-corrected chi connectivity index (χ3v) is 5.02. The number of nitrogens with two attached hydrogens (primary N) is 1. The summed E-state index contributed by atoms with van der Waals surface area (Å²) < 4.78 is 0. The molecule has 4 aromatic rings. The maximum absolute atomic E-state index is 12.7. The third-order valence-electron chi connectivity index (χ3n) is 5.02. The largest absolute Gasteiger partial charge is 0.367 e. The summed E-state index contributed by atoms with van der Waals surface area (Å²) in [6.45, 7) is 3.88. The SMILES string of the molecule is Cc1ccc(C(C(N)=O)n2nnc(-c3ccccc3NC(=O)c3cccc(C)c3)n2)cc1. The Balaban J connectivity index is 1.65. The number of rotatable bonds is 6. The third kappa shape index (κ3) is 4.39. The number of aryl methyl sites for hydroxylation is 2. The summed E-state index contributed by atoms with van der Waals surface area (Å²) in [5.41, 5.74) is 10.00. The Morgan fingerprint density at radius 1 is 0.938 bits per heavy atom. The Bertz CT molecular complexity index is 1280. The monoisotopic (exact) mass is 426 g/mol. The van der Waals surface area contributed by atoms with Gasteiger partial charge in [-0.25, -0.2) is 0 Å². The molecule has 0 aliphatic heterocycles. The lowest BCUT2D eigenvalue weighted by Crippen LogP contribution is -2.29. The van der Waals surface area contributed by atoms with Crippen molar-refractivity contribution in [3.8, 4) is 11.4 Å². The van der Waals surface area contributed by atoms with Crippen molar-refractivity contribution in [2.45, 2.75) is 19.9 Å². The molecule has 1 aromatic heterocycles. The maximum atomic E-state index is 12.7. The van der Waals surface area contributed by atoms with Gasteiger partial charge in [-0.15, -0.1) is 15.0 Å². The predicted molar refractivity (Wildman–Crippen MR) is 121 cm³/mol. The zero-order chi connectivity index (χ0) is 22.7. The summed E-state index contributed by atoms with van der Waals surface area (Å²) in [5, 5.41) is 15.5. The van der Waals surface area contributed by atoms with Crippen molar-refractivity contribution in [1.29, 1.82) is 0 Å². The average molecular weight is 426 g/mol. The normalized spacial score (nSPS) is 11.7. The fourth-order valence-electron chi connectivity index (χ4n) is 3.37. The van der Waals surface area contributed by atoms with Gasteiger partial charge >= 0.3 is 0 Å². The van der Waals surface area contributed by atoms with Crippen LogP contribution in [0.3, 0.4) is 0 Å². The molecule has 3 aromatic carbocycles. The fraction of sp³-hybridized carbons (Fsp3) is 0.125. The molecular formula is C24H22N6O2. The van der Waals surface area contributed by atoms with Gasteiger partial charge in [-0.05, 0) is 48.9 Å². The quantitative estimate of drug-likeness (QED) is 0.491. The smallest absolute Gasteiger partial charge is 0.255 e. The van der Waals surface area contributed by atoms with Gasteiger partial charge in [-0.2, -0.15) is 0 Å². The minimum atomic E-state index is -0.897. The lowest BCUT2D eigenvalue weighted by molar-refractivity contribution is -0.120. The number of carbonyl (C=O) groups is 2. The molecule has 0 aliphatic carbocycles. The van der Waals surface area contributed by atoms with Gasteiger partial charge in [0.15, 0.2) is 6.04 Å². The molecule has 0 bridgehead atoms. The van der Waals surface area contributed by atoms with Crippen LogP contribution < -0.4 is 11.1 Å². The Hall–Kier alpha value is -4.33. The summed E-state index contributed by atoms with van der Waals surface area (Å²) in [7, 11) is 0. The van der Waals surface area contributed by atoms with Gasteiger partial charge in [0.05, 0.1) is 5.69 Å². The topological polar surface area (TPSA) is 116 Å². The van der Waals surface area contributed by atoms with E-state index in [1.807, 2.05) is 62.4 Å². The van der Waals surface area contributed by atoms with Crippen molar-refractivity contribution in [1.82, 2.24) is 20.2 Å². The van der Waals surface area contributed by atoms with Crippen LogP contribution in [0.15, 0.2) is 72.8 Å². The zero-order valence-corrected chi connectivity index (χ0v) is 17.7. The van der Waals surface area contributed by atoms with Crippen molar-refractivity contribution in [2.75, 3.05) is 5.32 Å². The zero-order valence-electron chi connectivity index (χ0n) is 17.7. The number of benzene rings is 3. The molecule has 1 atom stereocenters. The van der Waals surface area contributed by atoms with Crippen molar-refractivity contribution >= 4 is 17.5 Å². The lowest BCUT2D eigenvalue weighted by atomic mass is 10.1. The van der Waals surface area contributed by atoms with Crippen molar-refractivity contribution in [3.63, 3.8) is 0 Å². The molecule has 0 aliphatic rings. The number of nitrogens with zero attached hydrogens (tertiary/aromatic N) is 4. The van der Waals surface area contributed by atoms with Crippen LogP contribution in [0.2, 0.25) is 0 Å². The highest BCUT2D eigenvalue weighted by Crippen LogP contribution is 2.26. The summed E-state index contributed by atoms with van der Waals surface area (Å²) in [6.07, 6.45) is 0. The second kappa shape index (κ2) is 8.81. The minimum Gasteiger partial charge on any atom is -0.367 e. The second-order valence-corrected chi connectivity index (χ2v) is 7.52. The summed E-state index contributed by atoms with van der Waals surface area (Å²) in [5.74, 6) is -0.578. The molecule has 4 rings (SSSR count). The summed E-state index contributed by atoms with van der Waals surface area (Å²) in [4.78, 5) is 26.1. The number of para-hydroxylation sites is 1. The maximum Gasteiger partial charge on any atom is 0.255 e. The average Bonchev–Trinajstić information content (AvgIpc) is 3.25. The van der Waals surface area contributed by atoms with Gasteiger partial charge in [-0.3, -0.25) is 9.59 Å². The number of hydrogen-bond acceptors (Lipinski definition) is 5. The van der Waals surface area contributed by atoms with Crippen molar-refractivity contribution < 1.29 is 9.59 Å². The van der Waals surface area contributed by atoms with Gasteiger partial charge in [0.2, 0.25) is 11.7 Å². The van der Waals surface area contributed by atoms with E-state index in [1.165, 1.54) is 4.80 Å². The molecule has 3 N–H and O–H groups in total. The van der Waals surface area contributed by atoms with Crippen LogP contribution >= 0.6 is 0 Å². The molecular weight excluding hydrogens is 404 g/mol. The van der Waals surface area contributed by atoms with Gasteiger partial charge < -0.3 is 11.1 Å². The number of tetrazole rings is 1. The van der Waals surface area contributed by atoms with Gasteiger partial charge in [0.1, 0.15) is 0 Å². The van der Waals surface area contributed by atoms with E-state index in [0.717, 1.165) is 11.1 Å². The Kier molecular flexibility index (Phi) is 5.76. The minimum absolute atomic E-state index is 0.247. The highest BCUT2D eigenvalue weighted by atomic mass is 16.2. The van der Waals surface area contributed by atoms with Gasteiger partial charge in [-0.1, -0.05) is 59.7 Å². The molecule has 2 amide bonds. The molecule has 1 heterocycles. The first-order chi connectivity index (χ1) is 15.4. The van der Waals surface area contributed by atoms with Crippen LogP contribution in [-0.4, -0.2) is 32.0 Å². The molecule has 0 saturated carbocycles. The molecule has 8 nitrogen and oxygen atoms in total. The fourth-order valence-corrected chi connectivity index (χ4v) is 3.37. The highest BCUT2D eigenvalue weighted by molar-refractivity contribution is 6.06. The molecule has 0 saturated heterocycles. The Morgan fingerprint density at radius 2 is 1.69 bits per heavy atom. The van der Waals surface area contributed by atoms with Crippen LogP contribution in [0.25, 0.3) is 11.4 Å². The second-order valence-electron chi connectivity index (χ2n) is 7.52. The highest BCUT2D eigenvalue weighted by Gasteiger charge is 2.24. The van der Waals surface area contributed by atoms with Gasteiger partial charge in [0, 0.05) is 11.1 Å². The first kappa shape index (κ1) is 20.9. The Labute approximate surface area is 185 Å². The van der Waals surface area contributed by atoms with E-state index in [4.69, 9.17) is 5.73 Å². The van der Waals surface area contributed by atoms with E-state index >= 15 is 0 Å². The number of primary amides is 1. The van der Waals surface area contributed by atoms with E-state index < -0.39 is 11.9 Å². The van der Waals surface area contributed by atoms with Crippen LogP contribution in [0.4, 0.5) is 5.69 Å². The Morgan fingerprint density at radius 3 is 2.41 bits per heavy atom. The first-order valence-electron chi connectivity index (χ1n) is 10.0. The van der Waals surface area contributed by atoms with E-state index in [0.29, 0.717) is 22.4 Å². The van der Waals surface area contributed by atoms with Crippen LogP contribution in [0, 0.1) is 13.8 Å². The van der Waals surface area contributed by atoms with E-state index in [9.17, 15) is 9.59 Å². The molecule has 1 unspecified atom stereocenters. The molecule has 0 fully saturated rings. The summed E-state index contributed by atoms with van der Waals surface area (Å²) in [6, 6.07) is 21.0. The van der Waals surface area contributed by atoms with E-state index in [-0.39, 0.29) is 11.7 Å². The molecule has 160 valence electrons. The molecule has 32 heavy (non-hydrogen) atoms. The number of amides is 2. The van der Waals surface area contributed by atoms with E-state index in [2.05, 4.69) is 20.7 Å². The molecule has 0 radical (unpaired) electrons. The molecule has 8 heteroatoms. The van der Waals surface area contributed by atoms with Crippen LogP contribution in [0.5, 0.6) is 0 Å². The molecule has 0 spiro atoms. The van der Waals surface area contributed by atoms with Crippen LogP contribution in [0.1, 0.15) is 33.1 Å². The van der Waals surface area contributed by atoms with Crippen molar-refractivity contribution in [3.05, 3.63) is 95.1 Å². The summed E-state index contributed by atoms with van der Waals surface area (Å²) >= 11 is 0. The lowest BCUT2D eigenvalue weighted by Gasteiger charge is -2.12. The number of hydrogen-bond donors (Lipinski definition) is 2. The standard InChI is InChI=1S/C24H22N6O2/c1-15-10-12-17(13-11-15)21(22(25)31)30-28-23(27-29-30)19-8-3-4-9-20(19)26-24(32)18-7-5-6-16(2)14-18/h3-14,21H,1-2H3,(H2,25,31)(H,26,32). The van der Waals surface area contributed by atoms with Crippen LogP contribution in [-0.2, 0) is 4.79 Å². The number of aromatic nitrogens is 4. The number of anilines is 1. The van der Waals surface area contributed by atoms with Crippen molar-refractivity contribution in [2.24, 2.45) is 5.73 Å². The first-order valence-corrected chi connectivity index (χ1v) is 10.0.